The number of allylic oxidation sites excluding steroid dienone is 2. The highest BCUT2D eigenvalue weighted by molar-refractivity contribution is 5.84. The summed E-state index contributed by atoms with van der Waals surface area (Å²) in [5.41, 5.74) is 1.31. The largest absolute Gasteiger partial charge is 0.207 e. The Labute approximate surface area is 94.7 Å². The molecule has 0 aliphatic heterocycles. The first-order valence-corrected chi connectivity index (χ1v) is 5.19. The summed E-state index contributed by atoms with van der Waals surface area (Å²) in [6, 6.07) is 13.9. The Kier molecular flexibility index (Phi) is 2.86. The second kappa shape index (κ2) is 4.31. The standard InChI is InChI=1S/C15H13F/c1-11(2)15(16)10-12-7-8-13-5-3-4-6-14(13)9-12/h3-10H,1H2,2H3/b15-10-. The molecule has 0 atom stereocenters. The van der Waals surface area contributed by atoms with Gasteiger partial charge >= 0.3 is 0 Å². The SMILES string of the molecule is C=C(C)/C(F)=C/c1ccc2ccccc2c1. The van der Waals surface area contributed by atoms with Crippen LogP contribution in [0.4, 0.5) is 4.39 Å². The van der Waals surface area contributed by atoms with Crippen molar-refractivity contribution in [3.63, 3.8) is 0 Å². The zero-order chi connectivity index (χ0) is 11.5. The fourth-order valence-corrected chi connectivity index (χ4v) is 1.57. The van der Waals surface area contributed by atoms with Crippen molar-refractivity contribution in [2.75, 3.05) is 0 Å². The van der Waals surface area contributed by atoms with Gasteiger partial charge in [0.05, 0.1) is 0 Å². The number of fused-ring (bicyclic) bond motifs is 1. The number of halogens is 1. The number of hydrogen-bond donors (Lipinski definition) is 0. The van der Waals surface area contributed by atoms with E-state index in [2.05, 4.69) is 6.58 Å². The van der Waals surface area contributed by atoms with E-state index in [0.717, 1.165) is 16.3 Å². The van der Waals surface area contributed by atoms with E-state index >= 15 is 0 Å². The number of rotatable bonds is 2. The maximum absolute atomic E-state index is 13.4. The van der Waals surface area contributed by atoms with Crippen LogP contribution in [0, 0.1) is 0 Å². The molecule has 0 N–H and O–H groups in total. The van der Waals surface area contributed by atoms with Crippen molar-refractivity contribution in [2.45, 2.75) is 6.92 Å². The Morgan fingerprint density at radius 3 is 2.50 bits per heavy atom. The predicted octanol–water partition coefficient (Wildman–Crippen LogP) is 4.73. The molecular formula is C15H13F. The van der Waals surface area contributed by atoms with Crippen LogP contribution in [0.25, 0.3) is 16.8 Å². The molecule has 2 rings (SSSR count). The lowest BCUT2D eigenvalue weighted by atomic mass is 10.1. The second-order valence-corrected chi connectivity index (χ2v) is 3.88. The van der Waals surface area contributed by atoms with Gasteiger partial charge in [-0.2, -0.15) is 0 Å². The lowest BCUT2D eigenvalue weighted by molar-refractivity contribution is 0.660. The van der Waals surface area contributed by atoms with Crippen molar-refractivity contribution in [1.29, 1.82) is 0 Å². The summed E-state index contributed by atoms with van der Waals surface area (Å²) in [6.45, 7) is 5.23. The first-order chi connectivity index (χ1) is 7.66. The van der Waals surface area contributed by atoms with Crippen molar-refractivity contribution in [3.8, 4) is 0 Å². The fraction of sp³-hybridized carbons (Fsp3) is 0.0667. The van der Waals surface area contributed by atoms with Crippen LogP contribution in [-0.2, 0) is 0 Å². The fourth-order valence-electron chi connectivity index (χ4n) is 1.57. The molecule has 0 amide bonds. The summed E-state index contributed by atoms with van der Waals surface area (Å²) in [7, 11) is 0. The summed E-state index contributed by atoms with van der Waals surface area (Å²) in [4.78, 5) is 0. The molecule has 0 fully saturated rings. The zero-order valence-corrected chi connectivity index (χ0v) is 9.20. The van der Waals surface area contributed by atoms with Gasteiger partial charge in [-0.05, 0) is 41.0 Å². The normalized spacial score (nSPS) is 11.8. The van der Waals surface area contributed by atoms with Crippen LogP contribution in [-0.4, -0.2) is 0 Å². The van der Waals surface area contributed by atoms with Gasteiger partial charge in [0.25, 0.3) is 0 Å². The van der Waals surface area contributed by atoms with Crippen molar-refractivity contribution in [1.82, 2.24) is 0 Å². The molecule has 2 aromatic rings. The molecule has 0 unspecified atom stereocenters. The van der Waals surface area contributed by atoms with E-state index in [-0.39, 0.29) is 5.83 Å². The molecular weight excluding hydrogens is 199 g/mol. The third kappa shape index (κ3) is 2.19. The second-order valence-electron chi connectivity index (χ2n) is 3.88. The minimum absolute atomic E-state index is 0.268. The summed E-state index contributed by atoms with van der Waals surface area (Å²) < 4.78 is 13.4. The molecule has 1 heteroatoms. The average Bonchev–Trinajstić information content (AvgIpc) is 2.28. The van der Waals surface area contributed by atoms with Gasteiger partial charge in [0, 0.05) is 0 Å². The van der Waals surface area contributed by atoms with Gasteiger partial charge in [0.15, 0.2) is 0 Å². The molecule has 0 aliphatic rings. The number of hydrogen-bond acceptors (Lipinski definition) is 0. The van der Waals surface area contributed by atoms with Crippen molar-refractivity contribution in [2.24, 2.45) is 0 Å². The van der Waals surface area contributed by atoms with E-state index in [1.807, 2.05) is 42.5 Å². The Morgan fingerprint density at radius 1 is 1.12 bits per heavy atom. The highest BCUT2D eigenvalue weighted by atomic mass is 19.1. The lowest BCUT2D eigenvalue weighted by Gasteiger charge is -2.00. The smallest absolute Gasteiger partial charge is 0.126 e. The van der Waals surface area contributed by atoms with Crippen LogP contribution in [0.1, 0.15) is 12.5 Å². The van der Waals surface area contributed by atoms with E-state index in [4.69, 9.17) is 0 Å². The molecule has 2 aromatic carbocycles. The maximum Gasteiger partial charge on any atom is 0.126 e. The van der Waals surface area contributed by atoms with E-state index < -0.39 is 0 Å². The topological polar surface area (TPSA) is 0 Å². The minimum atomic E-state index is -0.268. The van der Waals surface area contributed by atoms with Crippen LogP contribution in [0.3, 0.4) is 0 Å². The van der Waals surface area contributed by atoms with E-state index in [9.17, 15) is 4.39 Å². The number of benzene rings is 2. The van der Waals surface area contributed by atoms with E-state index in [1.165, 1.54) is 6.08 Å². The molecule has 16 heavy (non-hydrogen) atoms. The summed E-state index contributed by atoms with van der Waals surface area (Å²) in [5, 5.41) is 2.28. The molecule has 0 spiro atoms. The molecule has 0 bridgehead atoms. The summed E-state index contributed by atoms with van der Waals surface area (Å²) in [5.74, 6) is -0.268. The maximum atomic E-state index is 13.4. The van der Waals surface area contributed by atoms with Gasteiger partial charge in [-0.3, -0.25) is 0 Å². The highest BCUT2D eigenvalue weighted by Crippen LogP contribution is 2.19. The van der Waals surface area contributed by atoms with Crippen molar-refractivity contribution >= 4 is 16.8 Å². The first kappa shape index (κ1) is 10.6. The van der Waals surface area contributed by atoms with Crippen LogP contribution in [0.2, 0.25) is 0 Å². The summed E-state index contributed by atoms with van der Waals surface area (Å²) in [6.07, 6.45) is 1.51. The Morgan fingerprint density at radius 2 is 1.81 bits per heavy atom. The van der Waals surface area contributed by atoms with Gasteiger partial charge in [0.1, 0.15) is 5.83 Å². The van der Waals surface area contributed by atoms with Crippen LogP contribution < -0.4 is 0 Å². The van der Waals surface area contributed by atoms with Crippen LogP contribution in [0.5, 0.6) is 0 Å². The molecule has 0 aliphatic carbocycles. The predicted molar refractivity (Wildman–Crippen MR) is 67.8 cm³/mol. The Bertz CT molecular complexity index is 564. The lowest BCUT2D eigenvalue weighted by Crippen LogP contribution is -1.78. The molecule has 0 radical (unpaired) electrons. The minimum Gasteiger partial charge on any atom is -0.207 e. The van der Waals surface area contributed by atoms with Crippen LogP contribution in [0.15, 0.2) is 60.4 Å². The van der Waals surface area contributed by atoms with Gasteiger partial charge < -0.3 is 0 Å². The third-order valence-corrected chi connectivity index (χ3v) is 2.47. The molecule has 80 valence electrons. The molecule has 0 saturated carbocycles. The van der Waals surface area contributed by atoms with Gasteiger partial charge in [0.2, 0.25) is 0 Å². The molecule has 0 heterocycles. The van der Waals surface area contributed by atoms with Gasteiger partial charge in [-0.25, -0.2) is 4.39 Å². The quantitative estimate of drug-likeness (QED) is 0.631. The zero-order valence-electron chi connectivity index (χ0n) is 9.20. The van der Waals surface area contributed by atoms with Gasteiger partial charge in [-0.1, -0.05) is 43.0 Å². The monoisotopic (exact) mass is 212 g/mol. The first-order valence-electron chi connectivity index (χ1n) is 5.19. The Hall–Kier alpha value is -1.89. The van der Waals surface area contributed by atoms with Crippen molar-refractivity contribution < 1.29 is 4.39 Å². The summed E-state index contributed by atoms with van der Waals surface area (Å²) >= 11 is 0. The third-order valence-electron chi connectivity index (χ3n) is 2.47. The average molecular weight is 212 g/mol. The molecule has 0 saturated heterocycles. The van der Waals surface area contributed by atoms with Gasteiger partial charge in [-0.15, -0.1) is 0 Å². The molecule has 0 nitrogen and oxygen atoms in total. The molecule has 0 aromatic heterocycles. The van der Waals surface area contributed by atoms with Crippen LogP contribution >= 0.6 is 0 Å². The van der Waals surface area contributed by atoms with E-state index in [0.29, 0.717) is 5.57 Å². The van der Waals surface area contributed by atoms with Crippen molar-refractivity contribution in [3.05, 3.63) is 66.0 Å². The van der Waals surface area contributed by atoms with E-state index in [1.54, 1.807) is 6.92 Å². The highest BCUT2D eigenvalue weighted by Gasteiger charge is 1.97. The Balaban J connectivity index is 2.47.